The number of nitrogens with one attached hydrogen (secondary N) is 1. The Labute approximate surface area is 154 Å². The van der Waals surface area contributed by atoms with Crippen LogP contribution in [-0.2, 0) is 16.4 Å². The lowest BCUT2D eigenvalue weighted by Gasteiger charge is -2.30. The number of fused-ring (bicyclic) bond motifs is 1. The van der Waals surface area contributed by atoms with Crippen LogP contribution in [0, 0.1) is 0 Å². The lowest BCUT2D eigenvalue weighted by atomic mass is 9.96. The molecule has 1 aromatic heterocycles. The van der Waals surface area contributed by atoms with Crippen molar-refractivity contribution in [1.82, 2.24) is 9.62 Å². The van der Waals surface area contributed by atoms with Crippen LogP contribution in [0.4, 0.5) is 5.69 Å². The van der Waals surface area contributed by atoms with Gasteiger partial charge in [0, 0.05) is 31.9 Å². The summed E-state index contributed by atoms with van der Waals surface area (Å²) in [5, 5.41) is 1.78. The first-order valence-corrected chi connectivity index (χ1v) is 10.8. The third kappa shape index (κ3) is 4.06. The van der Waals surface area contributed by atoms with E-state index in [1.807, 2.05) is 14.1 Å². The fraction of sp³-hybridized carbons (Fsp3) is 0.444. The number of aryl methyl sites for hydroxylation is 1. The normalized spacial score (nSPS) is 16.1. The quantitative estimate of drug-likeness (QED) is 0.838. The molecule has 2 aromatic rings. The van der Waals surface area contributed by atoms with Crippen LogP contribution in [0.2, 0.25) is 0 Å². The molecule has 1 atom stereocenters. The zero-order chi connectivity index (χ0) is 18.0. The number of hydrogen-bond donors (Lipinski definition) is 1. The maximum Gasteiger partial charge on any atom is 0.250 e. The highest BCUT2D eigenvalue weighted by molar-refractivity contribution is 7.91. The third-order valence-electron chi connectivity index (χ3n) is 4.69. The summed E-state index contributed by atoms with van der Waals surface area (Å²) in [6.45, 7) is 1.44. The van der Waals surface area contributed by atoms with Crippen LogP contribution in [0.25, 0.3) is 0 Å². The number of rotatable bonds is 6. The maximum absolute atomic E-state index is 12.4. The van der Waals surface area contributed by atoms with Gasteiger partial charge in [-0.2, -0.15) is 0 Å². The van der Waals surface area contributed by atoms with Crippen molar-refractivity contribution in [3.05, 3.63) is 46.8 Å². The summed E-state index contributed by atoms with van der Waals surface area (Å²) >= 11 is 1.23. The van der Waals surface area contributed by atoms with E-state index in [9.17, 15) is 8.42 Å². The Morgan fingerprint density at radius 3 is 2.80 bits per heavy atom. The molecule has 0 saturated heterocycles. The van der Waals surface area contributed by atoms with Gasteiger partial charge in [0.1, 0.15) is 4.21 Å². The molecule has 0 fully saturated rings. The van der Waals surface area contributed by atoms with Crippen molar-refractivity contribution >= 4 is 27.0 Å². The van der Waals surface area contributed by atoms with Gasteiger partial charge in [-0.1, -0.05) is 18.2 Å². The zero-order valence-corrected chi connectivity index (χ0v) is 16.5. The van der Waals surface area contributed by atoms with Crippen molar-refractivity contribution < 1.29 is 8.42 Å². The molecule has 0 aliphatic carbocycles. The van der Waals surface area contributed by atoms with E-state index in [2.05, 4.69) is 39.8 Å². The Kier molecular flexibility index (Phi) is 5.48. The van der Waals surface area contributed by atoms with E-state index in [-0.39, 0.29) is 6.04 Å². The summed E-state index contributed by atoms with van der Waals surface area (Å²) in [6, 6.07) is 9.88. The van der Waals surface area contributed by atoms with E-state index in [1.54, 1.807) is 17.5 Å². The first-order chi connectivity index (χ1) is 11.9. The van der Waals surface area contributed by atoms with Crippen molar-refractivity contribution in [2.75, 3.05) is 39.1 Å². The number of thiophene rings is 1. The van der Waals surface area contributed by atoms with E-state index in [1.165, 1.54) is 22.6 Å². The second-order valence-corrected chi connectivity index (χ2v) is 9.62. The first kappa shape index (κ1) is 18.4. The highest BCUT2D eigenvalue weighted by Crippen LogP contribution is 2.30. The minimum absolute atomic E-state index is 0.00716. The van der Waals surface area contributed by atoms with Crippen LogP contribution < -0.4 is 9.62 Å². The van der Waals surface area contributed by atoms with Crippen LogP contribution >= 0.6 is 11.3 Å². The molecule has 0 saturated carbocycles. The van der Waals surface area contributed by atoms with Gasteiger partial charge in [-0.3, -0.25) is 0 Å². The molecule has 0 unspecified atom stereocenters. The molecule has 3 rings (SSSR count). The average molecular weight is 380 g/mol. The lowest BCUT2D eigenvalue weighted by molar-refractivity contribution is 0.299. The summed E-state index contributed by atoms with van der Waals surface area (Å²) in [5.74, 6) is 0. The topological polar surface area (TPSA) is 52.7 Å². The molecular weight excluding hydrogens is 354 g/mol. The largest absolute Gasteiger partial charge is 0.374 e. The number of nitrogens with zero attached hydrogens (tertiary/aromatic N) is 2. The molecule has 0 bridgehead atoms. The molecule has 2 heterocycles. The number of benzene rings is 1. The van der Waals surface area contributed by atoms with Gasteiger partial charge in [0.05, 0.1) is 0 Å². The van der Waals surface area contributed by atoms with Crippen LogP contribution in [0.1, 0.15) is 23.6 Å². The fourth-order valence-corrected chi connectivity index (χ4v) is 5.36. The molecule has 1 N–H and O–H groups in total. The second-order valence-electron chi connectivity index (χ2n) is 6.68. The van der Waals surface area contributed by atoms with Gasteiger partial charge in [0.2, 0.25) is 10.0 Å². The zero-order valence-electron chi connectivity index (χ0n) is 14.9. The lowest BCUT2D eigenvalue weighted by Crippen LogP contribution is -2.34. The predicted octanol–water partition coefficient (Wildman–Crippen LogP) is 2.71. The second kappa shape index (κ2) is 7.45. The molecule has 1 aromatic carbocycles. The van der Waals surface area contributed by atoms with Crippen LogP contribution in [0.3, 0.4) is 0 Å². The Bertz CT molecular complexity index is 817. The molecule has 5 nitrogen and oxygen atoms in total. The summed E-state index contributed by atoms with van der Waals surface area (Å²) in [7, 11) is 2.64. The van der Waals surface area contributed by atoms with Gasteiger partial charge in [-0.25, -0.2) is 13.1 Å². The number of hydrogen-bond acceptors (Lipinski definition) is 5. The molecule has 0 radical (unpaired) electrons. The Morgan fingerprint density at radius 2 is 2.12 bits per heavy atom. The summed E-state index contributed by atoms with van der Waals surface area (Å²) in [6.07, 6.45) is 2.24. The van der Waals surface area contributed by atoms with Gasteiger partial charge in [0.15, 0.2) is 0 Å². The Balaban J connectivity index is 1.80. The van der Waals surface area contributed by atoms with Crippen molar-refractivity contribution in [3.8, 4) is 0 Å². The maximum atomic E-state index is 12.4. The van der Waals surface area contributed by atoms with Crippen molar-refractivity contribution in [2.45, 2.75) is 23.1 Å². The summed E-state index contributed by atoms with van der Waals surface area (Å²) in [5.41, 5.74) is 3.78. The number of likely N-dealkylation sites (N-methyl/N-ethyl adjacent to an activating group) is 1. The van der Waals surface area contributed by atoms with E-state index in [0.29, 0.717) is 10.8 Å². The van der Waals surface area contributed by atoms with Crippen LogP contribution in [0.15, 0.2) is 39.9 Å². The standard InChI is InChI=1S/C18H25N3O2S2/c1-20(2)17(13-19-25(22,23)18-7-5-11-24-18)15-8-9-16-14(12-15)6-4-10-21(16)3/h5,7-9,11-12,17,19H,4,6,10,13H2,1-3H3/t17-/m0/s1. The summed E-state index contributed by atoms with van der Waals surface area (Å²) < 4.78 is 27.9. The van der Waals surface area contributed by atoms with Gasteiger partial charge in [-0.05, 0) is 55.6 Å². The van der Waals surface area contributed by atoms with E-state index >= 15 is 0 Å². The van der Waals surface area contributed by atoms with Crippen molar-refractivity contribution in [2.24, 2.45) is 0 Å². The van der Waals surface area contributed by atoms with Crippen LogP contribution in [-0.4, -0.2) is 47.6 Å². The molecule has 0 spiro atoms. The van der Waals surface area contributed by atoms with Crippen molar-refractivity contribution in [1.29, 1.82) is 0 Å². The van der Waals surface area contributed by atoms with Crippen LogP contribution in [0.5, 0.6) is 0 Å². The number of anilines is 1. The average Bonchev–Trinajstić information content (AvgIpc) is 3.10. The van der Waals surface area contributed by atoms with Crippen molar-refractivity contribution in [3.63, 3.8) is 0 Å². The highest BCUT2D eigenvalue weighted by atomic mass is 32.2. The van der Waals surface area contributed by atoms with Gasteiger partial charge in [0.25, 0.3) is 0 Å². The Morgan fingerprint density at radius 1 is 1.32 bits per heavy atom. The molecule has 25 heavy (non-hydrogen) atoms. The van der Waals surface area contributed by atoms with E-state index in [4.69, 9.17) is 0 Å². The van der Waals surface area contributed by atoms with E-state index in [0.717, 1.165) is 24.9 Å². The SMILES string of the molecule is CN1CCCc2cc([C@H](CNS(=O)(=O)c3cccs3)N(C)C)ccc21. The molecule has 0 amide bonds. The molecular formula is C18H25N3O2S2. The molecule has 7 heteroatoms. The minimum Gasteiger partial charge on any atom is -0.374 e. The molecule has 1 aliphatic rings. The Hall–Kier alpha value is -1.41. The minimum atomic E-state index is -3.45. The summed E-state index contributed by atoms with van der Waals surface area (Å²) in [4.78, 5) is 4.35. The molecule has 1 aliphatic heterocycles. The number of sulfonamides is 1. The highest BCUT2D eigenvalue weighted by Gasteiger charge is 2.22. The monoisotopic (exact) mass is 379 g/mol. The molecule has 136 valence electrons. The van der Waals surface area contributed by atoms with Gasteiger partial charge < -0.3 is 9.80 Å². The smallest absolute Gasteiger partial charge is 0.250 e. The first-order valence-electron chi connectivity index (χ1n) is 8.42. The predicted molar refractivity (Wildman–Crippen MR) is 104 cm³/mol. The van der Waals surface area contributed by atoms with Gasteiger partial charge >= 0.3 is 0 Å². The fourth-order valence-electron chi connectivity index (χ4n) is 3.29. The van der Waals surface area contributed by atoms with E-state index < -0.39 is 10.0 Å². The third-order valence-corrected chi connectivity index (χ3v) is 7.51. The van der Waals surface area contributed by atoms with Gasteiger partial charge in [-0.15, -0.1) is 11.3 Å².